The minimum atomic E-state index is 0. The molecule has 0 aliphatic heterocycles. The highest BCUT2D eigenvalue weighted by Gasteiger charge is 2.11. The SMILES string of the molecule is Cl.OCCOCCNc1nc(-n2ccnc2)ncc1-c1cccs1. The third kappa shape index (κ3) is 4.51. The summed E-state index contributed by atoms with van der Waals surface area (Å²) in [5, 5.41) is 14.0. The van der Waals surface area contributed by atoms with Crippen molar-refractivity contribution in [1.82, 2.24) is 19.5 Å². The molecular weight excluding hydrogens is 350 g/mol. The minimum Gasteiger partial charge on any atom is -0.394 e. The van der Waals surface area contributed by atoms with Crippen LogP contribution in [0.3, 0.4) is 0 Å². The summed E-state index contributed by atoms with van der Waals surface area (Å²) < 4.78 is 7.02. The lowest BCUT2D eigenvalue weighted by Crippen LogP contribution is -2.14. The zero-order valence-corrected chi connectivity index (χ0v) is 14.5. The van der Waals surface area contributed by atoms with Gasteiger partial charge in [-0.3, -0.25) is 4.57 Å². The molecule has 24 heavy (non-hydrogen) atoms. The van der Waals surface area contributed by atoms with Gasteiger partial charge in [-0.2, -0.15) is 4.98 Å². The topological polar surface area (TPSA) is 85.1 Å². The zero-order chi connectivity index (χ0) is 15.9. The highest BCUT2D eigenvalue weighted by Crippen LogP contribution is 2.30. The molecule has 0 aliphatic carbocycles. The van der Waals surface area contributed by atoms with Crippen molar-refractivity contribution in [2.24, 2.45) is 0 Å². The largest absolute Gasteiger partial charge is 0.394 e. The van der Waals surface area contributed by atoms with Crippen LogP contribution < -0.4 is 5.32 Å². The number of hydrogen-bond acceptors (Lipinski definition) is 7. The third-order valence-corrected chi connectivity index (χ3v) is 3.98. The number of anilines is 1. The third-order valence-electron chi connectivity index (χ3n) is 3.07. The number of imidazole rings is 1. The molecule has 2 N–H and O–H groups in total. The molecule has 3 aromatic heterocycles. The Hall–Kier alpha value is -2.00. The van der Waals surface area contributed by atoms with E-state index in [2.05, 4.69) is 20.3 Å². The molecule has 128 valence electrons. The Kier molecular flexibility index (Phi) is 7.13. The van der Waals surface area contributed by atoms with Gasteiger partial charge >= 0.3 is 0 Å². The molecular formula is C15H18ClN5O2S. The Bertz CT molecular complexity index is 722. The Labute approximate surface area is 149 Å². The Morgan fingerprint density at radius 2 is 2.25 bits per heavy atom. The molecule has 0 atom stereocenters. The summed E-state index contributed by atoms with van der Waals surface area (Å²) in [6.45, 7) is 1.45. The highest BCUT2D eigenvalue weighted by molar-refractivity contribution is 7.13. The number of halogens is 1. The van der Waals surface area contributed by atoms with E-state index in [1.54, 1.807) is 34.6 Å². The van der Waals surface area contributed by atoms with Crippen LogP contribution in [0.25, 0.3) is 16.4 Å². The van der Waals surface area contributed by atoms with Gasteiger partial charge in [-0.25, -0.2) is 9.97 Å². The van der Waals surface area contributed by atoms with Crippen molar-refractivity contribution in [3.63, 3.8) is 0 Å². The molecule has 0 unspecified atom stereocenters. The molecule has 0 radical (unpaired) electrons. The molecule has 9 heteroatoms. The number of ether oxygens (including phenoxy) is 1. The molecule has 0 bridgehead atoms. The summed E-state index contributed by atoms with van der Waals surface area (Å²) in [6.07, 6.45) is 6.96. The maximum absolute atomic E-state index is 8.72. The van der Waals surface area contributed by atoms with Crippen molar-refractivity contribution in [3.8, 4) is 16.4 Å². The van der Waals surface area contributed by atoms with Gasteiger partial charge in [-0.05, 0) is 11.4 Å². The van der Waals surface area contributed by atoms with Gasteiger partial charge in [0.15, 0.2) is 0 Å². The first kappa shape index (κ1) is 18.3. The van der Waals surface area contributed by atoms with Gasteiger partial charge in [0, 0.05) is 30.0 Å². The maximum atomic E-state index is 8.72. The van der Waals surface area contributed by atoms with Crippen LogP contribution in [0, 0.1) is 0 Å². The lowest BCUT2D eigenvalue weighted by atomic mass is 10.2. The summed E-state index contributed by atoms with van der Waals surface area (Å²) in [7, 11) is 0. The number of hydrogen-bond donors (Lipinski definition) is 2. The number of nitrogens with one attached hydrogen (secondary N) is 1. The maximum Gasteiger partial charge on any atom is 0.236 e. The van der Waals surface area contributed by atoms with E-state index in [1.165, 1.54) is 0 Å². The first-order chi connectivity index (χ1) is 11.4. The van der Waals surface area contributed by atoms with Crippen molar-refractivity contribution in [3.05, 3.63) is 42.4 Å². The van der Waals surface area contributed by atoms with E-state index in [-0.39, 0.29) is 19.0 Å². The molecule has 0 aliphatic rings. The first-order valence-corrected chi connectivity index (χ1v) is 8.08. The van der Waals surface area contributed by atoms with Crippen LogP contribution in [0.4, 0.5) is 5.82 Å². The fourth-order valence-corrected chi connectivity index (χ4v) is 2.77. The second kappa shape index (κ2) is 9.33. The first-order valence-electron chi connectivity index (χ1n) is 7.20. The van der Waals surface area contributed by atoms with Gasteiger partial charge in [0.25, 0.3) is 0 Å². The van der Waals surface area contributed by atoms with Crippen LogP contribution in [0.2, 0.25) is 0 Å². The Morgan fingerprint density at radius 1 is 1.33 bits per heavy atom. The van der Waals surface area contributed by atoms with Crippen LogP contribution in [0.5, 0.6) is 0 Å². The van der Waals surface area contributed by atoms with E-state index in [9.17, 15) is 0 Å². The van der Waals surface area contributed by atoms with Gasteiger partial charge in [-0.15, -0.1) is 23.7 Å². The van der Waals surface area contributed by atoms with Crippen molar-refractivity contribution in [2.75, 3.05) is 31.7 Å². The van der Waals surface area contributed by atoms with Crippen molar-refractivity contribution in [1.29, 1.82) is 0 Å². The molecule has 0 fully saturated rings. The lowest BCUT2D eigenvalue weighted by molar-refractivity contribution is 0.0992. The Balaban J connectivity index is 0.00000208. The number of nitrogens with zero attached hydrogens (tertiary/aromatic N) is 4. The quantitative estimate of drug-likeness (QED) is 0.594. The van der Waals surface area contributed by atoms with Crippen molar-refractivity contribution < 1.29 is 9.84 Å². The zero-order valence-electron chi connectivity index (χ0n) is 12.8. The summed E-state index contributed by atoms with van der Waals surface area (Å²) in [4.78, 5) is 14.1. The standard InChI is InChI=1S/C15H17N5O2S.ClH/c21-6-8-22-7-4-17-14-12(13-2-1-9-23-13)10-18-15(19-14)20-5-3-16-11-20;/h1-3,5,9-11,21H,4,6-8H2,(H,17,18,19);1H. The predicted octanol–water partition coefficient (Wildman–Crippen LogP) is 2.23. The van der Waals surface area contributed by atoms with Crippen LogP contribution in [-0.2, 0) is 4.74 Å². The van der Waals surface area contributed by atoms with Crippen LogP contribution in [-0.4, -0.2) is 51.0 Å². The number of thiophene rings is 1. The van der Waals surface area contributed by atoms with Crippen LogP contribution in [0.15, 0.2) is 42.4 Å². The molecule has 3 aromatic rings. The Morgan fingerprint density at radius 3 is 2.96 bits per heavy atom. The van der Waals surface area contributed by atoms with Gasteiger partial charge in [-0.1, -0.05) is 6.07 Å². The number of aliphatic hydroxyl groups is 1. The highest BCUT2D eigenvalue weighted by atomic mass is 35.5. The summed E-state index contributed by atoms with van der Waals surface area (Å²) in [5.74, 6) is 1.31. The molecule has 0 saturated heterocycles. The summed E-state index contributed by atoms with van der Waals surface area (Å²) in [6, 6.07) is 4.03. The van der Waals surface area contributed by atoms with Gasteiger partial charge in [0.1, 0.15) is 12.1 Å². The summed E-state index contributed by atoms with van der Waals surface area (Å²) >= 11 is 1.64. The second-order valence-electron chi connectivity index (χ2n) is 4.64. The monoisotopic (exact) mass is 367 g/mol. The molecule has 3 heterocycles. The fourth-order valence-electron chi connectivity index (χ4n) is 2.03. The molecule has 0 saturated carbocycles. The van der Waals surface area contributed by atoms with Crippen molar-refractivity contribution in [2.45, 2.75) is 0 Å². The smallest absolute Gasteiger partial charge is 0.236 e. The lowest BCUT2D eigenvalue weighted by Gasteiger charge is -2.11. The van der Waals surface area contributed by atoms with Crippen LogP contribution in [0.1, 0.15) is 0 Å². The normalized spacial score (nSPS) is 10.4. The summed E-state index contributed by atoms with van der Waals surface area (Å²) in [5.41, 5.74) is 0.950. The molecule has 0 aromatic carbocycles. The number of rotatable bonds is 8. The van der Waals surface area contributed by atoms with Gasteiger partial charge in [0.05, 0.1) is 25.4 Å². The molecule has 7 nitrogen and oxygen atoms in total. The van der Waals surface area contributed by atoms with Crippen molar-refractivity contribution >= 4 is 29.6 Å². The average molecular weight is 368 g/mol. The van der Waals surface area contributed by atoms with Crippen LogP contribution >= 0.6 is 23.7 Å². The van der Waals surface area contributed by atoms with E-state index >= 15 is 0 Å². The van der Waals surface area contributed by atoms with Gasteiger partial charge in [0.2, 0.25) is 5.95 Å². The second-order valence-corrected chi connectivity index (χ2v) is 5.59. The predicted molar refractivity (Wildman–Crippen MR) is 96.1 cm³/mol. The van der Waals surface area contributed by atoms with E-state index < -0.39 is 0 Å². The van der Waals surface area contributed by atoms with E-state index in [1.807, 2.05) is 23.7 Å². The van der Waals surface area contributed by atoms with E-state index in [4.69, 9.17) is 9.84 Å². The average Bonchev–Trinajstić information content (AvgIpc) is 3.28. The van der Waals surface area contributed by atoms with E-state index in [0.717, 1.165) is 16.3 Å². The fraction of sp³-hybridized carbons (Fsp3) is 0.267. The molecule has 3 rings (SSSR count). The minimum absolute atomic E-state index is 0. The molecule has 0 amide bonds. The number of aromatic nitrogens is 4. The van der Waals surface area contributed by atoms with Gasteiger partial charge < -0.3 is 15.2 Å². The molecule has 0 spiro atoms. The number of aliphatic hydroxyl groups excluding tert-OH is 1. The van der Waals surface area contributed by atoms with E-state index in [0.29, 0.717) is 25.7 Å².